The van der Waals surface area contributed by atoms with Crippen LogP contribution in [-0.4, -0.2) is 54.4 Å². The zero-order valence-corrected chi connectivity index (χ0v) is 20.4. The van der Waals surface area contributed by atoms with Crippen LogP contribution in [0.15, 0.2) is 53.9 Å². The van der Waals surface area contributed by atoms with Crippen LogP contribution in [0.2, 0.25) is 5.02 Å². The predicted octanol–water partition coefficient (Wildman–Crippen LogP) is 4.01. The summed E-state index contributed by atoms with van der Waals surface area (Å²) in [7, 11) is 1.52. The Kier molecular flexibility index (Phi) is 9.15. The van der Waals surface area contributed by atoms with Crippen molar-refractivity contribution >= 4 is 51.5 Å². The molecule has 0 bridgehead atoms. The van der Waals surface area contributed by atoms with Crippen LogP contribution in [0, 0.1) is 6.92 Å². The van der Waals surface area contributed by atoms with E-state index in [1.165, 1.54) is 23.3 Å². The van der Waals surface area contributed by atoms with Gasteiger partial charge < -0.3 is 20.3 Å². The number of aryl methyl sites for hydroxylation is 1. The number of aromatic nitrogens is 1. The number of anilines is 2. The number of nitrogens with zero attached hydrogens (tertiary/aromatic N) is 2. The van der Waals surface area contributed by atoms with Gasteiger partial charge in [0, 0.05) is 24.7 Å². The van der Waals surface area contributed by atoms with E-state index in [9.17, 15) is 14.4 Å². The Morgan fingerprint density at radius 2 is 1.79 bits per heavy atom. The minimum atomic E-state index is -0.415. The van der Waals surface area contributed by atoms with Crippen molar-refractivity contribution < 1.29 is 19.1 Å². The molecule has 0 aliphatic carbocycles. The van der Waals surface area contributed by atoms with E-state index in [4.69, 9.17) is 16.3 Å². The molecule has 0 aliphatic heterocycles. The molecule has 178 valence electrons. The summed E-state index contributed by atoms with van der Waals surface area (Å²) in [5.41, 5.74) is 2.66. The molecule has 3 amide bonds. The van der Waals surface area contributed by atoms with Gasteiger partial charge in [0.25, 0.3) is 5.91 Å². The molecule has 0 radical (unpaired) electrons. The fraction of sp³-hybridized carbons (Fsp3) is 0.250. The van der Waals surface area contributed by atoms with Crippen molar-refractivity contribution in [1.29, 1.82) is 0 Å². The topological polar surface area (TPSA) is 101 Å². The molecule has 0 aliphatic rings. The Hall–Kier alpha value is -3.27. The molecule has 8 nitrogen and oxygen atoms in total. The van der Waals surface area contributed by atoms with Crippen molar-refractivity contribution in [2.75, 3.05) is 37.4 Å². The van der Waals surface area contributed by atoms with Crippen LogP contribution in [0.5, 0.6) is 0 Å². The van der Waals surface area contributed by atoms with Gasteiger partial charge in [-0.3, -0.25) is 14.4 Å². The molecular weight excluding hydrogens is 476 g/mol. The lowest BCUT2D eigenvalue weighted by molar-refractivity contribution is -0.117. The molecule has 2 aromatic carbocycles. The molecule has 0 unspecified atom stereocenters. The summed E-state index contributed by atoms with van der Waals surface area (Å²) >= 11 is 7.35. The standard InChI is InChI=1S/C24H25ClN4O4S/c1-16-7-9-17(10-8-16)26-21(30)13-18-15-34-24(27-18)28-22(31)14-29(11-12-33-2)23(32)19-5-3-4-6-20(19)25/h3-10,15H,11-14H2,1-2H3,(H,26,30)(H,27,28,31). The first-order valence-corrected chi connectivity index (χ1v) is 11.7. The first kappa shape index (κ1) is 25.4. The Labute approximate surface area is 206 Å². The average molecular weight is 501 g/mol. The maximum atomic E-state index is 12.9. The zero-order chi connectivity index (χ0) is 24.5. The third-order valence-electron chi connectivity index (χ3n) is 4.77. The maximum absolute atomic E-state index is 12.9. The van der Waals surface area contributed by atoms with Crippen molar-refractivity contribution in [1.82, 2.24) is 9.88 Å². The van der Waals surface area contributed by atoms with Gasteiger partial charge in [-0.2, -0.15) is 0 Å². The Balaban J connectivity index is 1.57. The van der Waals surface area contributed by atoms with Gasteiger partial charge in [-0.25, -0.2) is 4.98 Å². The molecule has 0 fully saturated rings. The van der Waals surface area contributed by atoms with E-state index in [1.54, 1.807) is 29.6 Å². The van der Waals surface area contributed by atoms with E-state index in [1.807, 2.05) is 31.2 Å². The van der Waals surface area contributed by atoms with Crippen LogP contribution in [0.3, 0.4) is 0 Å². The number of thiazole rings is 1. The Morgan fingerprint density at radius 3 is 2.50 bits per heavy atom. The van der Waals surface area contributed by atoms with Gasteiger partial charge in [-0.05, 0) is 31.2 Å². The number of methoxy groups -OCH3 is 1. The molecule has 1 aromatic heterocycles. The van der Waals surface area contributed by atoms with E-state index in [2.05, 4.69) is 15.6 Å². The molecule has 0 saturated heterocycles. The molecule has 0 spiro atoms. The van der Waals surface area contributed by atoms with Gasteiger partial charge in [0.2, 0.25) is 11.8 Å². The Bertz CT molecular complexity index is 1150. The number of hydrogen-bond acceptors (Lipinski definition) is 6. The summed E-state index contributed by atoms with van der Waals surface area (Å²) in [4.78, 5) is 43.5. The second-order valence-electron chi connectivity index (χ2n) is 7.48. The smallest absolute Gasteiger partial charge is 0.255 e. The molecule has 1 heterocycles. The minimum Gasteiger partial charge on any atom is -0.383 e. The summed E-state index contributed by atoms with van der Waals surface area (Å²) in [6.45, 7) is 2.26. The summed E-state index contributed by atoms with van der Waals surface area (Å²) < 4.78 is 5.07. The first-order valence-electron chi connectivity index (χ1n) is 10.5. The lowest BCUT2D eigenvalue weighted by atomic mass is 10.2. The monoisotopic (exact) mass is 500 g/mol. The highest BCUT2D eigenvalue weighted by atomic mass is 35.5. The molecule has 2 N–H and O–H groups in total. The summed E-state index contributed by atoms with van der Waals surface area (Å²) in [6.07, 6.45) is 0.0746. The third-order valence-corrected chi connectivity index (χ3v) is 5.90. The van der Waals surface area contributed by atoms with Crippen LogP contribution in [-0.2, 0) is 20.7 Å². The molecule has 34 heavy (non-hydrogen) atoms. The number of carbonyl (C=O) groups excluding carboxylic acids is 3. The van der Waals surface area contributed by atoms with Crippen molar-refractivity contribution in [3.8, 4) is 0 Å². The maximum Gasteiger partial charge on any atom is 0.255 e. The highest BCUT2D eigenvalue weighted by molar-refractivity contribution is 7.13. The van der Waals surface area contributed by atoms with E-state index < -0.39 is 5.91 Å². The zero-order valence-electron chi connectivity index (χ0n) is 18.8. The van der Waals surface area contributed by atoms with Crippen LogP contribution in [0.25, 0.3) is 0 Å². The van der Waals surface area contributed by atoms with Gasteiger partial charge in [0.05, 0.1) is 29.3 Å². The summed E-state index contributed by atoms with van der Waals surface area (Å²) in [5.74, 6) is -0.991. The van der Waals surface area contributed by atoms with Crippen LogP contribution in [0.1, 0.15) is 21.6 Å². The summed E-state index contributed by atoms with van der Waals surface area (Å²) in [5, 5.41) is 7.87. The van der Waals surface area contributed by atoms with Gasteiger partial charge in [-0.1, -0.05) is 41.4 Å². The van der Waals surface area contributed by atoms with E-state index in [0.717, 1.165) is 5.56 Å². The number of rotatable bonds is 10. The summed E-state index contributed by atoms with van der Waals surface area (Å²) in [6, 6.07) is 14.2. The van der Waals surface area contributed by atoms with Crippen LogP contribution in [0.4, 0.5) is 10.8 Å². The highest BCUT2D eigenvalue weighted by Gasteiger charge is 2.21. The van der Waals surface area contributed by atoms with Gasteiger partial charge in [0.1, 0.15) is 6.54 Å². The molecule has 0 saturated carbocycles. The van der Waals surface area contributed by atoms with E-state index in [0.29, 0.717) is 27.1 Å². The fourth-order valence-electron chi connectivity index (χ4n) is 3.04. The normalized spacial score (nSPS) is 10.6. The Morgan fingerprint density at radius 1 is 1.06 bits per heavy atom. The largest absolute Gasteiger partial charge is 0.383 e. The number of hydrogen-bond donors (Lipinski definition) is 2. The van der Waals surface area contributed by atoms with Gasteiger partial charge in [-0.15, -0.1) is 11.3 Å². The second-order valence-corrected chi connectivity index (χ2v) is 8.75. The highest BCUT2D eigenvalue weighted by Crippen LogP contribution is 2.19. The average Bonchev–Trinajstić information content (AvgIpc) is 3.24. The molecule has 3 rings (SSSR count). The quantitative estimate of drug-likeness (QED) is 0.438. The van der Waals surface area contributed by atoms with E-state index >= 15 is 0 Å². The molecule has 3 aromatic rings. The van der Waals surface area contributed by atoms with Crippen molar-refractivity contribution in [3.63, 3.8) is 0 Å². The minimum absolute atomic E-state index is 0.0746. The molecular formula is C24H25ClN4O4S. The van der Waals surface area contributed by atoms with Crippen molar-refractivity contribution in [3.05, 3.63) is 75.8 Å². The lowest BCUT2D eigenvalue weighted by Crippen LogP contribution is -2.40. The van der Waals surface area contributed by atoms with Gasteiger partial charge >= 0.3 is 0 Å². The molecule has 10 heteroatoms. The number of halogens is 1. The SMILES string of the molecule is COCCN(CC(=O)Nc1nc(CC(=O)Nc2ccc(C)cc2)cs1)C(=O)c1ccccc1Cl. The molecule has 0 atom stereocenters. The number of nitrogens with one attached hydrogen (secondary N) is 2. The van der Waals surface area contributed by atoms with Crippen LogP contribution < -0.4 is 10.6 Å². The van der Waals surface area contributed by atoms with Crippen molar-refractivity contribution in [2.24, 2.45) is 0 Å². The van der Waals surface area contributed by atoms with Crippen molar-refractivity contribution in [2.45, 2.75) is 13.3 Å². The fourth-order valence-corrected chi connectivity index (χ4v) is 3.99. The van der Waals surface area contributed by atoms with Gasteiger partial charge in [0.15, 0.2) is 5.13 Å². The lowest BCUT2D eigenvalue weighted by Gasteiger charge is -2.22. The number of ether oxygens (including phenoxy) is 1. The number of amides is 3. The van der Waals surface area contributed by atoms with E-state index in [-0.39, 0.29) is 37.9 Å². The second kappa shape index (κ2) is 12.3. The third kappa shape index (κ3) is 7.38. The van der Waals surface area contributed by atoms with Crippen LogP contribution >= 0.6 is 22.9 Å². The number of carbonyl (C=O) groups is 3. The number of benzene rings is 2. The first-order chi connectivity index (χ1) is 16.4. The predicted molar refractivity (Wildman–Crippen MR) is 133 cm³/mol.